The molecule has 0 unspecified atom stereocenters. The number of thiophene rings is 1. The van der Waals surface area contributed by atoms with Gasteiger partial charge in [-0.1, -0.05) is 18.9 Å². The number of fused-ring (bicyclic) bond motifs is 1. The van der Waals surface area contributed by atoms with Crippen LogP contribution in [0.4, 0.5) is 0 Å². The Morgan fingerprint density at radius 3 is 2.68 bits per heavy atom. The molecule has 3 heteroatoms. The summed E-state index contributed by atoms with van der Waals surface area (Å²) < 4.78 is 1.38. The SMILES string of the molecule is O=C(NCCc1csc2ccc(C3CCC3)cc12)C1CCC1. The minimum atomic E-state index is 0.265. The Labute approximate surface area is 135 Å². The number of hydrogen-bond donors (Lipinski definition) is 1. The van der Waals surface area contributed by atoms with Crippen LogP contribution in [0.25, 0.3) is 10.1 Å². The number of benzene rings is 1. The Hall–Kier alpha value is -1.35. The van der Waals surface area contributed by atoms with Gasteiger partial charge < -0.3 is 5.32 Å². The minimum Gasteiger partial charge on any atom is -0.356 e. The summed E-state index contributed by atoms with van der Waals surface area (Å²) in [5.74, 6) is 1.35. The first-order valence-electron chi connectivity index (χ1n) is 8.59. The summed E-state index contributed by atoms with van der Waals surface area (Å²) in [7, 11) is 0. The van der Waals surface area contributed by atoms with Gasteiger partial charge in [0, 0.05) is 17.2 Å². The maximum Gasteiger partial charge on any atom is 0.223 e. The molecule has 1 heterocycles. The average Bonchev–Trinajstić information content (AvgIpc) is 2.78. The van der Waals surface area contributed by atoms with Gasteiger partial charge in [-0.25, -0.2) is 0 Å². The van der Waals surface area contributed by atoms with Crippen molar-refractivity contribution in [2.45, 2.75) is 50.9 Å². The molecule has 0 aliphatic heterocycles. The molecule has 1 aromatic heterocycles. The molecule has 2 aliphatic rings. The highest BCUT2D eigenvalue weighted by molar-refractivity contribution is 7.17. The molecule has 2 saturated carbocycles. The van der Waals surface area contributed by atoms with Crippen LogP contribution in [0.3, 0.4) is 0 Å². The fourth-order valence-electron chi connectivity index (χ4n) is 3.42. The van der Waals surface area contributed by atoms with Crippen molar-refractivity contribution in [1.82, 2.24) is 5.32 Å². The molecule has 1 N–H and O–H groups in total. The summed E-state index contributed by atoms with van der Waals surface area (Å²) >= 11 is 1.83. The van der Waals surface area contributed by atoms with Crippen molar-refractivity contribution in [1.29, 1.82) is 0 Å². The number of amides is 1. The second kappa shape index (κ2) is 6.04. The van der Waals surface area contributed by atoms with Crippen molar-refractivity contribution < 1.29 is 4.79 Å². The fourth-order valence-corrected chi connectivity index (χ4v) is 4.40. The fraction of sp³-hybridized carbons (Fsp3) is 0.526. The van der Waals surface area contributed by atoms with E-state index in [0.29, 0.717) is 5.92 Å². The van der Waals surface area contributed by atoms with Crippen molar-refractivity contribution in [3.63, 3.8) is 0 Å². The zero-order valence-electron chi connectivity index (χ0n) is 12.9. The molecule has 4 rings (SSSR count). The average molecular weight is 313 g/mol. The lowest BCUT2D eigenvalue weighted by molar-refractivity contribution is -0.127. The highest BCUT2D eigenvalue weighted by atomic mass is 32.1. The summed E-state index contributed by atoms with van der Waals surface area (Å²) in [5, 5.41) is 6.79. The van der Waals surface area contributed by atoms with Crippen LogP contribution in [0.15, 0.2) is 23.6 Å². The van der Waals surface area contributed by atoms with Gasteiger partial charge in [-0.05, 0) is 72.0 Å². The molecular weight excluding hydrogens is 290 g/mol. The summed E-state index contributed by atoms with van der Waals surface area (Å²) in [4.78, 5) is 11.9. The number of rotatable bonds is 5. The van der Waals surface area contributed by atoms with E-state index in [1.165, 1.54) is 46.9 Å². The molecule has 0 saturated heterocycles. The van der Waals surface area contributed by atoms with Crippen LogP contribution in [0.1, 0.15) is 55.6 Å². The van der Waals surface area contributed by atoms with Gasteiger partial charge in [-0.3, -0.25) is 4.79 Å². The Kier molecular flexibility index (Phi) is 3.91. The topological polar surface area (TPSA) is 29.1 Å². The zero-order valence-corrected chi connectivity index (χ0v) is 13.8. The van der Waals surface area contributed by atoms with Gasteiger partial charge in [-0.15, -0.1) is 11.3 Å². The molecule has 1 aromatic carbocycles. The lowest BCUT2D eigenvalue weighted by Gasteiger charge is -2.25. The Bertz CT molecular complexity index is 682. The maximum atomic E-state index is 11.9. The predicted octanol–water partition coefficient (Wildman–Crippen LogP) is 4.63. The number of carbonyl (C=O) groups is 1. The van der Waals surface area contributed by atoms with Gasteiger partial charge in [0.05, 0.1) is 0 Å². The molecule has 0 spiro atoms. The molecule has 2 fully saturated rings. The molecule has 0 bridgehead atoms. The van der Waals surface area contributed by atoms with E-state index in [1.54, 1.807) is 0 Å². The number of hydrogen-bond acceptors (Lipinski definition) is 2. The summed E-state index contributed by atoms with van der Waals surface area (Å²) in [6, 6.07) is 6.99. The maximum absolute atomic E-state index is 11.9. The standard InChI is InChI=1S/C19H23NOS/c21-19(14-5-2-6-14)20-10-9-16-12-22-18-8-7-15(11-17(16)18)13-3-1-4-13/h7-8,11-14H,1-6,9-10H2,(H,20,21). The van der Waals surface area contributed by atoms with Crippen molar-refractivity contribution in [3.8, 4) is 0 Å². The van der Waals surface area contributed by atoms with E-state index in [4.69, 9.17) is 0 Å². The highest BCUT2D eigenvalue weighted by Gasteiger charge is 2.24. The van der Waals surface area contributed by atoms with Gasteiger partial charge in [0.1, 0.15) is 0 Å². The number of nitrogens with one attached hydrogen (secondary N) is 1. The smallest absolute Gasteiger partial charge is 0.223 e. The van der Waals surface area contributed by atoms with E-state index in [0.717, 1.165) is 31.7 Å². The monoisotopic (exact) mass is 313 g/mol. The van der Waals surface area contributed by atoms with Crippen molar-refractivity contribution in [2.24, 2.45) is 5.92 Å². The molecule has 116 valence electrons. The Balaban J connectivity index is 1.43. The largest absolute Gasteiger partial charge is 0.356 e. The molecule has 2 aliphatic carbocycles. The Morgan fingerprint density at radius 2 is 2.00 bits per heavy atom. The Morgan fingerprint density at radius 1 is 1.18 bits per heavy atom. The van der Waals surface area contributed by atoms with Gasteiger partial charge >= 0.3 is 0 Å². The van der Waals surface area contributed by atoms with Crippen LogP contribution in [-0.4, -0.2) is 12.5 Å². The van der Waals surface area contributed by atoms with Gasteiger partial charge in [-0.2, -0.15) is 0 Å². The third kappa shape index (κ3) is 2.67. The van der Waals surface area contributed by atoms with Crippen LogP contribution in [0.2, 0.25) is 0 Å². The highest BCUT2D eigenvalue weighted by Crippen LogP contribution is 2.38. The predicted molar refractivity (Wildman–Crippen MR) is 92.5 cm³/mol. The molecule has 0 radical (unpaired) electrons. The van der Waals surface area contributed by atoms with E-state index in [-0.39, 0.29) is 5.91 Å². The first-order chi connectivity index (χ1) is 10.8. The van der Waals surface area contributed by atoms with Crippen LogP contribution in [-0.2, 0) is 11.2 Å². The van der Waals surface area contributed by atoms with Crippen LogP contribution >= 0.6 is 11.3 Å². The van der Waals surface area contributed by atoms with E-state index < -0.39 is 0 Å². The molecule has 1 amide bonds. The van der Waals surface area contributed by atoms with Crippen molar-refractivity contribution >= 4 is 27.3 Å². The van der Waals surface area contributed by atoms with Crippen LogP contribution < -0.4 is 5.32 Å². The quantitative estimate of drug-likeness (QED) is 0.857. The second-order valence-corrected chi connectivity index (χ2v) is 7.72. The lowest BCUT2D eigenvalue weighted by Crippen LogP contribution is -2.35. The molecule has 22 heavy (non-hydrogen) atoms. The van der Waals surface area contributed by atoms with Crippen LogP contribution in [0, 0.1) is 5.92 Å². The first kappa shape index (κ1) is 14.3. The van der Waals surface area contributed by atoms with Crippen LogP contribution in [0.5, 0.6) is 0 Å². The molecule has 2 aromatic rings. The van der Waals surface area contributed by atoms with Gasteiger partial charge in [0.2, 0.25) is 5.91 Å². The van der Waals surface area contributed by atoms with Crippen molar-refractivity contribution in [3.05, 3.63) is 34.7 Å². The minimum absolute atomic E-state index is 0.265. The molecule has 0 atom stereocenters. The molecule has 2 nitrogen and oxygen atoms in total. The summed E-state index contributed by atoms with van der Waals surface area (Å²) in [5.41, 5.74) is 2.91. The first-order valence-corrected chi connectivity index (χ1v) is 9.47. The van der Waals surface area contributed by atoms with Gasteiger partial charge in [0.25, 0.3) is 0 Å². The zero-order chi connectivity index (χ0) is 14.9. The van der Waals surface area contributed by atoms with Gasteiger partial charge in [0.15, 0.2) is 0 Å². The van der Waals surface area contributed by atoms with E-state index in [9.17, 15) is 4.79 Å². The summed E-state index contributed by atoms with van der Waals surface area (Å²) in [6.07, 6.45) is 8.41. The van der Waals surface area contributed by atoms with E-state index >= 15 is 0 Å². The second-order valence-electron chi connectivity index (χ2n) is 6.81. The van der Waals surface area contributed by atoms with E-state index in [2.05, 4.69) is 28.9 Å². The lowest BCUT2D eigenvalue weighted by atomic mass is 9.80. The third-order valence-corrected chi connectivity index (χ3v) is 6.44. The normalized spacial score (nSPS) is 18.9. The summed E-state index contributed by atoms with van der Waals surface area (Å²) in [6.45, 7) is 0.773. The molecular formula is C19H23NOS. The van der Waals surface area contributed by atoms with Crippen molar-refractivity contribution in [2.75, 3.05) is 6.54 Å². The van der Waals surface area contributed by atoms with E-state index in [1.807, 2.05) is 11.3 Å². The number of carbonyl (C=O) groups excluding carboxylic acids is 1. The third-order valence-electron chi connectivity index (χ3n) is 5.42.